The molecule has 2 N–H and O–H groups in total. The molecule has 1 aromatic heterocycles. The van der Waals surface area contributed by atoms with Crippen LogP contribution in [0.5, 0.6) is 0 Å². The normalized spacial score (nSPS) is 11.5. The molecule has 4 aromatic rings. The molecule has 0 radical (unpaired) electrons. The number of rotatable bonds is 7. The molecule has 0 spiro atoms. The van der Waals surface area contributed by atoms with Crippen LogP contribution in [0.1, 0.15) is 15.9 Å². The van der Waals surface area contributed by atoms with Crippen molar-refractivity contribution in [2.24, 2.45) is 0 Å². The minimum absolute atomic E-state index is 0.263. The monoisotopic (exact) mass is 446 g/mol. The lowest BCUT2D eigenvalue weighted by atomic mass is 10.0. The summed E-state index contributed by atoms with van der Waals surface area (Å²) >= 11 is 1.25. The van der Waals surface area contributed by atoms with Crippen molar-refractivity contribution in [3.05, 3.63) is 102 Å². The molecule has 32 heavy (non-hydrogen) atoms. The first-order chi connectivity index (χ1) is 15.6. The average molecular weight is 447 g/mol. The maximum atomic E-state index is 13.2. The first-order valence-electron chi connectivity index (χ1n) is 9.88. The van der Waals surface area contributed by atoms with Gasteiger partial charge in [0.15, 0.2) is 0 Å². The standard InChI is InChI=1S/C24H19FN4O2S/c25-19-13-11-17(12-14-19)21(30)26-20(15-16-7-3-1-4-8-16)22(31)27-24-29-28-23(32-24)18-9-5-2-6-10-18/h1-14,20H,15H2,(H,26,30)(H,27,29,31). The van der Waals surface area contributed by atoms with Gasteiger partial charge in [0.2, 0.25) is 11.0 Å². The van der Waals surface area contributed by atoms with Crippen LogP contribution in [-0.2, 0) is 11.2 Å². The van der Waals surface area contributed by atoms with Crippen molar-refractivity contribution in [1.82, 2.24) is 15.5 Å². The number of hydrogen-bond acceptors (Lipinski definition) is 5. The molecule has 3 aromatic carbocycles. The van der Waals surface area contributed by atoms with E-state index in [1.165, 1.54) is 35.6 Å². The quantitative estimate of drug-likeness (QED) is 0.443. The predicted molar refractivity (Wildman–Crippen MR) is 122 cm³/mol. The van der Waals surface area contributed by atoms with E-state index < -0.39 is 23.7 Å². The van der Waals surface area contributed by atoms with E-state index >= 15 is 0 Å². The van der Waals surface area contributed by atoms with Gasteiger partial charge in [-0.1, -0.05) is 72.0 Å². The van der Waals surface area contributed by atoms with Crippen LogP contribution in [0.4, 0.5) is 9.52 Å². The van der Waals surface area contributed by atoms with Crippen LogP contribution in [0, 0.1) is 5.82 Å². The zero-order chi connectivity index (χ0) is 22.3. The minimum atomic E-state index is -0.862. The summed E-state index contributed by atoms with van der Waals surface area (Å²) in [5, 5.41) is 14.7. The summed E-state index contributed by atoms with van der Waals surface area (Å²) in [7, 11) is 0. The maximum Gasteiger partial charge on any atom is 0.251 e. The summed E-state index contributed by atoms with van der Waals surface area (Å²) in [4.78, 5) is 25.7. The third kappa shape index (κ3) is 5.41. The number of halogens is 1. The highest BCUT2D eigenvalue weighted by molar-refractivity contribution is 7.18. The summed E-state index contributed by atoms with van der Waals surface area (Å²) in [5.74, 6) is -1.32. The van der Waals surface area contributed by atoms with E-state index in [1.807, 2.05) is 60.7 Å². The molecule has 4 rings (SSSR count). The summed E-state index contributed by atoms with van der Waals surface area (Å²) in [5.41, 5.74) is 2.05. The van der Waals surface area contributed by atoms with Gasteiger partial charge in [-0.05, 0) is 29.8 Å². The molecule has 0 saturated heterocycles. The van der Waals surface area contributed by atoms with E-state index in [-0.39, 0.29) is 12.0 Å². The van der Waals surface area contributed by atoms with Crippen molar-refractivity contribution >= 4 is 28.3 Å². The van der Waals surface area contributed by atoms with Crippen molar-refractivity contribution < 1.29 is 14.0 Å². The van der Waals surface area contributed by atoms with E-state index in [1.54, 1.807) is 0 Å². The van der Waals surface area contributed by atoms with Crippen molar-refractivity contribution in [1.29, 1.82) is 0 Å². The van der Waals surface area contributed by atoms with Crippen LogP contribution >= 0.6 is 11.3 Å². The van der Waals surface area contributed by atoms with Crippen LogP contribution < -0.4 is 10.6 Å². The zero-order valence-corrected chi connectivity index (χ0v) is 17.7. The Hall–Kier alpha value is -3.91. The number of hydrogen-bond donors (Lipinski definition) is 2. The van der Waals surface area contributed by atoms with Gasteiger partial charge in [0.05, 0.1) is 0 Å². The highest BCUT2D eigenvalue weighted by Crippen LogP contribution is 2.26. The van der Waals surface area contributed by atoms with Crippen LogP contribution in [0.25, 0.3) is 10.6 Å². The first-order valence-corrected chi connectivity index (χ1v) is 10.7. The van der Waals surface area contributed by atoms with Crippen molar-refractivity contribution in [3.8, 4) is 10.6 Å². The fourth-order valence-corrected chi connectivity index (χ4v) is 3.82. The molecule has 0 fully saturated rings. The van der Waals surface area contributed by atoms with E-state index in [2.05, 4.69) is 20.8 Å². The van der Waals surface area contributed by atoms with E-state index in [9.17, 15) is 14.0 Å². The van der Waals surface area contributed by atoms with E-state index in [0.29, 0.717) is 10.1 Å². The van der Waals surface area contributed by atoms with Crippen molar-refractivity contribution in [3.63, 3.8) is 0 Å². The Bertz CT molecular complexity index is 1200. The van der Waals surface area contributed by atoms with Gasteiger partial charge in [0.25, 0.3) is 5.91 Å². The third-order valence-corrected chi connectivity index (χ3v) is 5.57. The number of benzene rings is 3. The van der Waals surface area contributed by atoms with Crippen molar-refractivity contribution in [2.75, 3.05) is 5.32 Å². The molecule has 1 unspecified atom stereocenters. The Balaban J connectivity index is 1.51. The van der Waals surface area contributed by atoms with Crippen LogP contribution in [-0.4, -0.2) is 28.1 Å². The highest BCUT2D eigenvalue weighted by atomic mass is 32.1. The van der Waals surface area contributed by atoms with Gasteiger partial charge in [-0.25, -0.2) is 4.39 Å². The molecule has 0 aliphatic carbocycles. The van der Waals surface area contributed by atoms with Gasteiger partial charge in [-0.3, -0.25) is 14.9 Å². The molecule has 160 valence electrons. The number of amides is 2. The van der Waals surface area contributed by atoms with E-state index in [4.69, 9.17) is 0 Å². The number of nitrogens with zero attached hydrogens (tertiary/aromatic N) is 2. The molecule has 0 aliphatic rings. The second-order valence-electron chi connectivity index (χ2n) is 6.99. The number of nitrogens with one attached hydrogen (secondary N) is 2. The van der Waals surface area contributed by atoms with Crippen LogP contribution in [0.15, 0.2) is 84.9 Å². The predicted octanol–water partition coefficient (Wildman–Crippen LogP) is 4.32. The van der Waals surface area contributed by atoms with Crippen LogP contribution in [0.2, 0.25) is 0 Å². The molecule has 6 nitrogen and oxygen atoms in total. The minimum Gasteiger partial charge on any atom is -0.340 e. The van der Waals surface area contributed by atoms with E-state index in [0.717, 1.165) is 11.1 Å². The number of carbonyl (C=O) groups is 2. The molecular formula is C24H19FN4O2S. The van der Waals surface area contributed by atoms with Gasteiger partial charge in [-0.2, -0.15) is 0 Å². The van der Waals surface area contributed by atoms with Gasteiger partial charge in [0.1, 0.15) is 16.9 Å². The molecule has 8 heteroatoms. The molecule has 0 aliphatic heterocycles. The molecule has 1 heterocycles. The zero-order valence-electron chi connectivity index (χ0n) is 16.9. The third-order valence-electron chi connectivity index (χ3n) is 4.69. The van der Waals surface area contributed by atoms with Gasteiger partial charge in [-0.15, -0.1) is 10.2 Å². The van der Waals surface area contributed by atoms with Crippen LogP contribution in [0.3, 0.4) is 0 Å². The summed E-state index contributed by atoms with van der Waals surface area (Å²) in [6.07, 6.45) is 0.282. The summed E-state index contributed by atoms with van der Waals surface area (Å²) in [6.45, 7) is 0. The van der Waals surface area contributed by atoms with Crippen molar-refractivity contribution in [2.45, 2.75) is 12.5 Å². The molecule has 0 bridgehead atoms. The lowest BCUT2D eigenvalue weighted by Crippen LogP contribution is -2.45. The molecule has 2 amide bonds. The first kappa shape index (κ1) is 21.3. The SMILES string of the molecule is O=C(NC(Cc1ccccc1)C(=O)Nc1nnc(-c2ccccc2)s1)c1ccc(F)cc1. The van der Waals surface area contributed by atoms with Gasteiger partial charge < -0.3 is 5.32 Å². The second-order valence-corrected chi connectivity index (χ2v) is 7.97. The molecular weight excluding hydrogens is 427 g/mol. The number of carbonyl (C=O) groups excluding carboxylic acids is 2. The highest BCUT2D eigenvalue weighted by Gasteiger charge is 2.23. The second kappa shape index (κ2) is 9.93. The average Bonchev–Trinajstić information content (AvgIpc) is 3.29. The van der Waals surface area contributed by atoms with Gasteiger partial charge >= 0.3 is 0 Å². The maximum absolute atomic E-state index is 13.2. The molecule has 0 saturated carbocycles. The number of aromatic nitrogens is 2. The Labute approximate surface area is 188 Å². The fourth-order valence-electron chi connectivity index (χ4n) is 3.07. The fraction of sp³-hybridized carbons (Fsp3) is 0.0833. The Morgan fingerprint density at radius 3 is 2.22 bits per heavy atom. The van der Waals surface area contributed by atoms with Gasteiger partial charge in [0, 0.05) is 17.5 Å². The number of anilines is 1. The lowest BCUT2D eigenvalue weighted by molar-refractivity contribution is -0.118. The Morgan fingerprint density at radius 2 is 1.53 bits per heavy atom. The molecule has 1 atom stereocenters. The lowest BCUT2D eigenvalue weighted by Gasteiger charge is -2.18. The smallest absolute Gasteiger partial charge is 0.251 e. The largest absolute Gasteiger partial charge is 0.340 e. The topological polar surface area (TPSA) is 84.0 Å². The Kier molecular flexibility index (Phi) is 6.62. The Morgan fingerprint density at radius 1 is 0.875 bits per heavy atom. The summed E-state index contributed by atoms with van der Waals surface area (Å²) in [6, 6.07) is 23.2. The summed E-state index contributed by atoms with van der Waals surface area (Å²) < 4.78 is 13.2.